The Morgan fingerprint density at radius 3 is 2.53 bits per heavy atom. The van der Waals surface area contributed by atoms with Crippen LogP contribution in [0.15, 0.2) is 12.1 Å². The van der Waals surface area contributed by atoms with Gasteiger partial charge in [-0.3, -0.25) is 0 Å². The SMILES string of the molecule is COc1cc(C(C)C)cc(C2CCCNC2)c1OC. The molecule has 1 aliphatic rings. The summed E-state index contributed by atoms with van der Waals surface area (Å²) < 4.78 is 11.1. The van der Waals surface area contributed by atoms with Gasteiger partial charge >= 0.3 is 0 Å². The Morgan fingerprint density at radius 2 is 2.00 bits per heavy atom. The van der Waals surface area contributed by atoms with E-state index in [-0.39, 0.29) is 0 Å². The Morgan fingerprint density at radius 1 is 1.21 bits per heavy atom. The van der Waals surface area contributed by atoms with Crippen LogP contribution in [-0.2, 0) is 0 Å². The average molecular weight is 263 g/mol. The molecule has 19 heavy (non-hydrogen) atoms. The van der Waals surface area contributed by atoms with Gasteiger partial charge in [-0.1, -0.05) is 19.9 Å². The van der Waals surface area contributed by atoms with Crippen molar-refractivity contribution in [2.24, 2.45) is 0 Å². The summed E-state index contributed by atoms with van der Waals surface area (Å²) in [5.41, 5.74) is 2.61. The maximum absolute atomic E-state index is 5.60. The minimum absolute atomic E-state index is 0.495. The van der Waals surface area contributed by atoms with Crippen molar-refractivity contribution < 1.29 is 9.47 Å². The van der Waals surface area contributed by atoms with Crippen LogP contribution in [0.4, 0.5) is 0 Å². The summed E-state index contributed by atoms with van der Waals surface area (Å²) in [4.78, 5) is 0. The third-order valence-corrected chi connectivity index (χ3v) is 3.93. The second-order valence-corrected chi connectivity index (χ2v) is 5.54. The minimum atomic E-state index is 0.495. The van der Waals surface area contributed by atoms with Crippen LogP contribution in [0, 0.1) is 0 Å². The average Bonchev–Trinajstić information content (AvgIpc) is 2.46. The Kier molecular flexibility index (Phi) is 4.70. The molecular weight excluding hydrogens is 238 g/mol. The summed E-state index contributed by atoms with van der Waals surface area (Å²) in [6.07, 6.45) is 2.44. The number of methoxy groups -OCH3 is 2. The highest BCUT2D eigenvalue weighted by molar-refractivity contribution is 5.52. The van der Waals surface area contributed by atoms with E-state index in [4.69, 9.17) is 9.47 Å². The highest BCUT2D eigenvalue weighted by Crippen LogP contribution is 2.40. The fraction of sp³-hybridized carbons (Fsp3) is 0.625. The lowest BCUT2D eigenvalue weighted by Gasteiger charge is -2.26. The van der Waals surface area contributed by atoms with Crippen molar-refractivity contribution in [3.05, 3.63) is 23.3 Å². The quantitative estimate of drug-likeness (QED) is 0.904. The predicted octanol–water partition coefficient (Wildman–Crippen LogP) is 3.29. The zero-order chi connectivity index (χ0) is 13.8. The van der Waals surface area contributed by atoms with Gasteiger partial charge in [0.05, 0.1) is 14.2 Å². The zero-order valence-electron chi connectivity index (χ0n) is 12.5. The van der Waals surface area contributed by atoms with Gasteiger partial charge in [-0.2, -0.15) is 0 Å². The molecule has 106 valence electrons. The molecule has 0 bridgehead atoms. The third kappa shape index (κ3) is 3.03. The molecule has 1 aromatic carbocycles. The van der Waals surface area contributed by atoms with E-state index < -0.39 is 0 Å². The van der Waals surface area contributed by atoms with E-state index in [1.54, 1.807) is 14.2 Å². The highest BCUT2D eigenvalue weighted by atomic mass is 16.5. The molecule has 1 N–H and O–H groups in total. The van der Waals surface area contributed by atoms with Crippen LogP contribution in [0.5, 0.6) is 11.5 Å². The van der Waals surface area contributed by atoms with Gasteiger partial charge in [-0.15, -0.1) is 0 Å². The van der Waals surface area contributed by atoms with E-state index >= 15 is 0 Å². The predicted molar refractivity (Wildman–Crippen MR) is 78.5 cm³/mol. The fourth-order valence-corrected chi connectivity index (χ4v) is 2.77. The minimum Gasteiger partial charge on any atom is -0.493 e. The van der Waals surface area contributed by atoms with Crippen molar-refractivity contribution in [3.8, 4) is 11.5 Å². The Hall–Kier alpha value is -1.22. The van der Waals surface area contributed by atoms with Crippen molar-refractivity contribution in [3.63, 3.8) is 0 Å². The molecule has 3 nitrogen and oxygen atoms in total. The van der Waals surface area contributed by atoms with E-state index in [9.17, 15) is 0 Å². The highest BCUT2D eigenvalue weighted by Gasteiger charge is 2.22. The lowest BCUT2D eigenvalue weighted by molar-refractivity contribution is 0.344. The van der Waals surface area contributed by atoms with E-state index in [1.165, 1.54) is 24.0 Å². The summed E-state index contributed by atoms with van der Waals surface area (Å²) in [6, 6.07) is 4.40. The first-order chi connectivity index (χ1) is 9.17. The van der Waals surface area contributed by atoms with Gasteiger partial charge in [0, 0.05) is 18.0 Å². The number of hydrogen-bond donors (Lipinski definition) is 1. The monoisotopic (exact) mass is 263 g/mol. The molecule has 3 heteroatoms. The smallest absolute Gasteiger partial charge is 0.164 e. The maximum Gasteiger partial charge on any atom is 0.164 e. The van der Waals surface area contributed by atoms with Crippen molar-refractivity contribution in [2.75, 3.05) is 27.3 Å². The molecule has 1 fully saturated rings. The second-order valence-electron chi connectivity index (χ2n) is 5.54. The molecule has 1 saturated heterocycles. The lowest BCUT2D eigenvalue weighted by Crippen LogP contribution is -2.28. The van der Waals surface area contributed by atoms with Crippen LogP contribution in [0.1, 0.15) is 49.7 Å². The summed E-state index contributed by atoms with van der Waals surface area (Å²) >= 11 is 0. The van der Waals surface area contributed by atoms with E-state index in [1.807, 2.05) is 0 Å². The van der Waals surface area contributed by atoms with Crippen LogP contribution in [0.3, 0.4) is 0 Å². The molecule has 0 spiro atoms. The molecule has 2 rings (SSSR count). The lowest BCUT2D eigenvalue weighted by atomic mass is 9.88. The Bertz CT molecular complexity index is 423. The van der Waals surface area contributed by atoms with Gasteiger partial charge in [0.15, 0.2) is 11.5 Å². The normalized spacial score (nSPS) is 19.5. The summed E-state index contributed by atoms with van der Waals surface area (Å²) in [7, 11) is 3.44. The zero-order valence-corrected chi connectivity index (χ0v) is 12.5. The molecule has 0 saturated carbocycles. The largest absolute Gasteiger partial charge is 0.493 e. The molecular formula is C16H25NO2. The van der Waals surface area contributed by atoms with Crippen LogP contribution in [0.2, 0.25) is 0 Å². The topological polar surface area (TPSA) is 30.5 Å². The van der Waals surface area contributed by atoms with Gasteiger partial charge in [-0.25, -0.2) is 0 Å². The second kappa shape index (κ2) is 6.29. The molecule has 0 aromatic heterocycles. The molecule has 1 unspecified atom stereocenters. The van der Waals surface area contributed by atoms with Crippen LogP contribution < -0.4 is 14.8 Å². The van der Waals surface area contributed by atoms with E-state index in [2.05, 4.69) is 31.3 Å². The summed E-state index contributed by atoms with van der Waals surface area (Å²) in [6.45, 7) is 6.58. The van der Waals surface area contributed by atoms with Crippen LogP contribution in [0.25, 0.3) is 0 Å². The summed E-state index contributed by atoms with van der Waals surface area (Å²) in [5.74, 6) is 2.78. The van der Waals surface area contributed by atoms with Crippen molar-refractivity contribution in [1.29, 1.82) is 0 Å². The van der Waals surface area contributed by atoms with Crippen molar-refractivity contribution in [2.45, 2.75) is 38.5 Å². The van der Waals surface area contributed by atoms with Crippen molar-refractivity contribution >= 4 is 0 Å². The number of nitrogens with one attached hydrogen (secondary N) is 1. The van der Waals surface area contributed by atoms with Gasteiger partial charge in [0.1, 0.15) is 0 Å². The summed E-state index contributed by atoms with van der Waals surface area (Å²) in [5, 5.41) is 3.47. The first-order valence-corrected chi connectivity index (χ1v) is 7.14. The van der Waals surface area contributed by atoms with Gasteiger partial charge in [0.25, 0.3) is 0 Å². The first-order valence-electron chi connectivity index (χ1n) is 7.14. The number of rotatable bonds is 4. The fourth-order valence-electron chi connectivity index (χ4n) is 2.77. The molecule has 0 radical (unpaired) electrons. The number of ether oxygens (including phenoxy) is 2. The van der Waals surface area contributed by atoms with E-state index in [0.717, 1.165) is 24.6 Å². The standard InChI is InChI=1S/C16H25NO2/c1-11(2)13-8-14(12-6-5-7-17-10-12)16(19-4)15(9-13)18-3/h8-9,11-12,17H,5-7,10H2,1-4H3. The first kappa shape index (κ1) is 14.2. The molecule has 0 aliphatic carbocycles. The van der Waals surface area contributed by atoms with Gasteiger partial charge in [-0.05, 0) is 36.9 Å². The number of benzene rings is 1. The molecule has 1 aromatic rings. The molecule has 0 amide bonds. The van der Waals surface area contributed by atoms with Crippen LogP contribution in [-0.4, -0.2) is 27.3 Å². The third-order valence-electron chi connectivity index (χ3n) is 3.93. The van der Waals surface area contributed by atoms with E-state index in [0.29, 0.717) is 11.8 Å². The number of piperidine rings is 1. The Labute approximate surface area is 116 Å². The van der Waals surface area contributed by atoms with Gasteiger partial charge < -0.3 is 14.8 Å². The molecule has 1 aliphatic heterocycles. The van der Waals surface area contributed by atoms with Gasteiger partial charge in [0.2, 0.25) is 0 Å². The maximum atomic E-state index is 5.60. The van der Waals surface area contributed by atoms with Crippen LogP contribution >= 0.6 is 0 Å². The number of hydrogen-bond acceptors (Lipinski definition) is 3. The Balaban J connectivity index is 2.45. The molecule has 1 atom stereocenters. The van der Waals surface area contributed by atoms with Crippen molar-refractivity contribution in [1.82, 2.24) is 5.32 Å². The molecule has 1 heterocycles.